The van der Waals surface area contributed by atoms with Gasteiger partial charge in [-0.3, -0.25) is 4.98 Å². The van der Waals surface area contributed by atoms with Crippen LogP contribution in [0.4, 0.5) is 0 Å². The molecule has 0 aliphatic carbocycles. The van der Waals surface area contributed by atoms with Crippen LogP contribution in [-0.4, -0.2) is 26.3 Å². The van der Waals surface area contributed by atoms with E-state index in [1.807, 2.05) is 26.8 Å². The van der Waals surface area contributed by atoms with Crippen LogP contribution in [0.15, 0.2) is 23.0 Å². The molecule has 2 aromatic rings. The fourth-order valence-corrected chi connectivity index (χ4v) is 1.77. The predicted octanol–water partition coefficient (Wildman–Crippen LogP) is 2.31. The van der Waals surface area contributed by atoms with E-state index < -0.39 is 6.10 Å². The third kappa shape index (κ3) is 2.41. The molecule has 18 heavy (non-hydrogen) atoms. The number of hydrogen-bond donors (Lipinski definition) is 1. The van der Waals surface area contributed by atoms with Gasteiger partial charge in [-0.25, -0.2) is 0 Å². The maximum atomic E-state index is 9.78. The Labute approximate surface area is 106 Å². The average molecular weight is 247 g/mol. The molecule has 2 heterocycles. The second-order valence-electron chi connectivity index (χ2n) is 4.41. The molecule has 0 radical (unpaired) electrons. The summed E-state index contributed by atoms with van der Waals surface area (Å²) < 4.78 is 5.22. The zero-order valence-corrected chi connectivity index (χ0v) is 10.8. The van der Waals surface area contributed by atoms with E-state index in [-0.39, 0.29) is 5.92 Å². The topological polar surface area (TPSA) is 72.0 Å². The van der Waals surface area contributed by atoms with Gasteiger partial charge in [0.2, 0.25) is 11.7 Å². The van der Waals surface area contributed by atoms with Crippen LogP contribution in [0.1, 0.15) is 37.6 Å². The molecule has 0 fully saturated rings. The van der Waals surface area contributed by atoms with E-state index in [0.29, 0.717) is 18.1 Å². The van der Waals surface area contributed by atoms with Gasteiger partial charge in [0.15, 0.2) is 0 Å². The number of aromatic nitrogens is 3. The monoisotopic (exact) mass is 247 g/mol. The number of pyridine rings is 1. The lowest BCUT2D eigenvalue weighted by atomic mass is 10.0. The van der Waals surface area contributed by atoms with E-state index in [1.54, 1.807) is 12.4 Å². The number of nitrogens with zero attached hydrogens (tertiary/aromatic N) is 3. The summed E-state index contributed by atoms with van der Waals surface area (Å²) in [4.78, 5) is 8.37. The van der Waals surface area contributed by atoms with Gasteiger partial charge in [0.1, 0.15) is 0 Å². The average Bonchev–Trinajstić information content (AvgIpc) is 2.87. The van der Waals surface area contributed by atoms with Crippen molar-refractivity contribution < 1.29 is 9.63 Å². The lowest BCUT2D eigenvalue weighted by Crippen LogP contribution is -2.14. The van der Waals surface area contributed by atoms with E-state index in [2.05, 4.69) is 15.1 Å². The SMILES string of the molecule is CCC(O)C(C)c1nc(-c2ccncc2C)no1. The van der Waals surface area contributed by atoms with Gasteiger partial charge in [0, 0.05) is 18.0 Å². The van der Waals surface area contributed by atoms with Crippen molar-refractivity contribution in [3.8, 4) is 11.4 Å². The molecular weight excluding hydrogens is 230 g/mol. The fraction of sp³-hybridized carbons (Fsp3) is 0.462. The summed E-state index contributed by atoms with van der Waals surface area (Å²) in [6.07, 6.45) is 3.66. The summed E-state index contributed by atoms with van der Waals surface area (Å²) in [5, 5.41) is 13.7. The molecule has 5 heteroatoms. The Morgan fingerprint density at radius 1 is 1.44 bits per heavy atom. The van der Waals surface area contributed by atoms with Crippen LogP contribution in [0.3, 0.4) is 0 Å². The van der Waals surface area contributed by atoms with Gasteiger partial charge in [-0.2, -0.15) is 4.98 Å². The minimum absolute atomic E-state index is 0.154. The normalized spacial score (nSPS) is 14.4. The van der Waals surface area contributed by atoms with E-state index in [4.69, 9.17) is 4.52 Å². The fourth-order valence-electron chi connectivity index (χ4n) is 1.77. The number of aryl methyl sites for hydroxylation is 1. The first-order valence-electron chi connectivity index (χ1n) is 6.06. The number of rotatable bonds is 4. The van der Waals surface area contributed by atoms with Crippen LogP contribution in [0.2, 0.25) is 0 Å². The second kappa shape index (κ2) is 5.27. The van der Waals surface area contributed by atoms with Crippen LogP contribution in [0.25, 0.3) is 11.4 Å². The molecule has 2 unspecified atom stereocenters. The summed E-state index contributed by atoms with van der Waals surface area (Å²) in [7, 11) is 0. The van der Waals surface area contributed by atoms with Crippen molar-refractivity contribution >= 4 is 0 Å². The third-order valence-electron chi connectivity index (χ3n) is 3.09. The van der Waals surface area contributed by atoms with Crippen molar-refractivity contribution in [2.75, 3.05) is 0 Å². The maximum Gasteiger partial charge on any atom is 0.232 e. The molecule has 0 spiro atoms. The van der Waals surface area contributed by atoms with Crippen molar-refractivity contribution in [1.82, 2.24) is 15.1 Å². The Morgan fingerprint density at radius 3 is 2.89 bits per heavy atom. The van der Waals surface area contributed by atoms with Crippen molar-refractivity contribution in [2.24, 2.45) is 0 Å². The zero-order valence-electron chi connectivity index (χ0n) is 10.8. The minimum Gasteiger partial charge on any atom is -0.392 e. The van der Waals surface area contributed by atoms with Gasteiger partial charge in [-0.15, -0.1) is 0 Å². The van der Waals surface area contributed by atoms with E-state index in [9.17, 15) is 5.11 Å². The molecule has 2 aromatic heterocycles. The number of aliphatic hydroxyl groups is 1. The molecular formula is C13H17N3O2. The van der Waals surface area contributed by atoms with E-state index >= 15 is 0 Å². The highest BCUT2D eigenvalue weighted by Crippen LogP contribution is 2.24. The first-order chi connectivity index (χ1) is 8.63. The standard InChI is InChI=1S/C13H17N3O2/c1-4-11(17)9(3)13-15-12(16-18-13)10-5-6-14-7-8(10)2/h5-7,9,11,17H,4H2,1-3H3. The largest absolute Gasteiger partial charge is 0.392 e. The highest BCUT2D eigenvalue weighted by molar-refractivity contribution is 5.57. The molecule has 0 aliphatic heterocycles. The van der Waals surface area contributed by atoms with Crippen LogP contribution in [-0.2, 0) is 0 Å². The van der Waals surface area contributed by atoms with Gasteiger partial charge >= 0.3 is 0 Å². The Hall–Kier alpha value is -1.75. The Balaban J connectivity index is 2.29. The van der Waals surface area contributed by atoms with Crippen LogP contribution >= 0.6 is 0 Å². The van der Waals surface area contributed by atoms with Crippen LogP contribution in [0, 0.1) is 6.92 Å². The highest BCUT2D eigenvalue weighted by atomic mass is 16.5. The van der Waals surface area contributed by atoms with E-state index in [1.165, 1.54) is 0 Å². The van der Waals surface area contributed by atoms with Gasteiger partial charge < -0.3 is 9.63 Å². The summed E-state index contributed by atoms with van der Waals surface area (Å²) >= 11 is 0. The molecule has 2 rings (SSSR count). The molecule has 0 amide bonds. The molecule has 0 bridgehead atoms. The molecule has 0 aliphatic rings. The van der Waals surface area contributed by atoms with Crippen molar-refractivity contribution in [3.05, 3.63) is 29.9 Å². The first kappa shape index (κ1) is 12.7. The number of aliphatic hydroxyl groups excluding tert-OH is 1. The Kier molecular flexibility index (Phi) is 3.72. The quantitative estimate of drug-likeness (QED) is 0.897. The molecule has 1 N–H and O–H groups in total. The lowest BCUT2D eigenvalue weighted by molar-refractivity contribution is 0.129. The Morgan fingerprint density at radius 2 is 2.22 bits per heavy atom. The summed E-state index contributed by atoms with van der Waals surface area (Å²) in [6, 6.07) is 1.85. The highest BCUT2D eigenvalue weighted by Gasteiger charge is 2.21. The third-order valence-corrected chi connectivity index (χ3v) is 3.09. The summed E-state index contributed by atoms with van der Waals surface area (Å²) in [5.74, 6) is 0.856. The Bertz CT molecular complexity index is 524. The molecule has 96 valence electrons. The van der Waals surface area contributed by atoms with Gasteiger partial charge in [-0.05, 0) is 25.0 Å². The van der Waals surface area contributed by atoms with Crippen LogP contribution in [0.5, 0.6) is 0 Å². The van der Waals surface area contributed by atoms with Gasteiger partial charge in [0.05, 0.1) is 12.0 Å². The number of hydrogen-bond acceptors (Lipinski definition) is 5. The van der Waals surface area contributed by atoms with Gasteiger partial charge in [-0.1, -0.05) is 19.0 Å². The lowest BCUT2D eigenvalue weighted by Gasteiger charge is -2.11. The van der Waals surface area contributed by atoms with Crippen molar-refractivity contribution in [2.45, 2.75) is 39.2 Å². The molecule has 0 saturated carbocycles. The predicted molar refractivity (Wildman–Crippen MR) is 67.0 cm³/mol. The van der Waals surface area contributed by atoms with Gasteiger partial charge in [0.25, 0.3) is 0 Å². The van der Waals surface area contributed by atoms with E-state index in [0.717, 1.165) is 11.1 Å². The first-order valence-corrected chi connectivity index (χ1v) is 6.06. The minimum atomic E-state index is -0.461. The van der Waals surface area contributed by atoms with Crippen molar-refractivity contribution in [1.29, 1.82) is 0 Å². The molecule has 0 saturated heterocycles. The molecule has 0 aromatic carbocycles. The smallest absolute Gasteiger partial charge is 0.232 e. The second-order valence-corrected chi connectivity index (χ2v) is 4.41. The van der Waals surface area contributed by atoms with Crippen molar-refractivity contribution in [3.63, 3.8) is 0 Å². The maximum absolute atomic E-state index is 9.78. The summed E-state index contributed by atoms with van der Waals surface area (Å²) in [5.41, 5.74) is 1.90. The summed E-state index contributed by atoms with van der Waals surface area (Å²) in [6.45, 7) is 5.75. The van der Waals surface area contributed by atoms with Crippen LogP contribution < -0.4 is 0 Å². The molecule has 2 atom stereocenters. The molecule has 5 nitrogen and oxygen atoms in total. The zero-order chi connectivity index (χ0) is 13.1.